The van der Waals surface area contributed by atoms with Gasteiger partial charge in [0.05, 0.1) is 0 Å². The molecule has 0 amide bonds. The van der Waals surface area contributed by atoms with Gasteiger partial charge in [-0.1, -0.05) is 151 Å². The average molecular weight is 603 g/mol. The minimum atomic E-state index is 1.22. The van der Waals surface area contributed by atoms with E-state index in [0.717, 1.165) is 0 Å². The second-order valence-electron chi connectivity index (χ2n) is 12.2. The van der Waals surface area contributed by atoms with Crippen LogP contribution in [0.5, 0.6) is 0 Å². The maximum absolute atomic E-state index is 2.42. The van der Waals surface area contributed by atoms with Crippen molar-refractivity contribution in [3.8, 4) is 44.5 Å². The second kappa shape index (κ2) is 10.8. The molecule has 0 saturated heterocycles. The first-order chi connectivity index (χ1) is 22.7. The molecule has 9 aromatic rings. The summed E-state index contributed by atoms with van der Waals surface area (Å²) in [6.45, 7) is 2.19. The van der Waals surface area contributed by atoms with E-state index in [1.807, 2.05) is 11.3 Å². The van der Waals surface area contributed by atoms with Gasteiger partial charge >= 0.3 is 0 Å². The van der Waals surface area contributed by atoms with Crippen LogP contribution in [-0.2, 0) is 0 Å². The average Bonchev–Trinajstić information content (AvgIpc) is 3.50. The Hall–Kier alpha value is -5.50. The highest BCUT2D eigenvalue weighted by atomic mass is 32.1. The highest BCUT2D eigenvalue weighted by molar-refractivity contribution is 7.26. The molecule has 0 radical (unpaired) electrons. The summed E-state index contributed by atoms with van der Waals surface area (Å²) in [6, 6.07) is 60.3. The maximum Gasteiger partial charge on any atom is 0.0433 e. The van der Waals surface area contributed by atoms with Crippen molar-refractivity contribution in [1.82, 2.24) is 0 Å². The summed E-state index contributed by atoms with van der Waals surface area (Å²) in [5.74, 6) is 0. The summed E-state index contributed by atoms with van der Waals surface area (Å²) in [5, 5.41) is 7.79. The highest BCUT2D eigenvalue weighted by Crippen LogP contribution is 2.46. The fourth-order valence-corrected chi connectivity index (χ4v) is 8.43. The SMILES string of the molecule is Cc1ccc2c(-c3ccccc3)c3cc(-c4cccc(-c5cccc6c5sc5ccccc56)c4)ccc3c(-c3ccccc3)c2c1. The quantitative estimate of drug-likeness (QED) is 0.176. The monoisotopic (exact) mass is 602 g/mol. The fraction of sp³-hybridized carbons (Fsp3) is 0.0222. The van der Waals surface area contributed by atoms with Crippen molar-refractivity contribution in [2.24, 2.45) is 0 Å². The van der Waals surface area contributed by atoms with Crippen molar-refractivity contribution in [3.63, 3.8) is 0 Å². The zero-order valence-corrected chi connectivity index (χ0v) is 26.3. The van der Waals surface area contributed by atoms with E-state index in [0.29, 0.717) is 0 Å². The molecule has 0 aliphatic heterocycles. The Balaban J connectivity index is 1.30. The third-order valence-corrected chi connectivity index (χ3v) is 10.5. The van der Waals surface area contributed by atoms with Gasteiger partial charge in [0, 0.05) is 20.2 Å². The van der Waals surface area contributed by atoms with Crippen LogP contribution in [0.2, 0.25) is 0 Å². The molecule has 0 aliphatic rings. The zero-order chi connectivity index (χ0) is 30.6. The Labute approximate surface area is 272 Å². The molecule has 0 nitrogen and oxygen atoms in total. The maximum atomic E-state index is 2.42. The molecule has 0 spiro atoms. The number of thiophene rings is 1. The van der Waals surface area contributed by atoms with Gasteiger partial charge in [0.2, 0.25) is 0 Å². The molecule has 0 N–H and O–H groups in total. The smallest absolute Gasteiger partial charge is 0.0433 e. The van der Waals surface area contributed by atoms with Crippen molar-refractivity contribution in [2.45, 2.75) is 6.92 Å². The highest BCUT2D eigenvalue weighted by Gasteiger charge is 2.18. The third-order valence-electron chi connectivity index (χ3n) is 9.31. The Kier molecular flexibility index (Phi) is 6.33. The molecule has 1 heterocycles. The summed E-state index contributed by atoms with van der Waals surface area (Å²) in [4.78, 5) is 0. The van der Waals surface area contributed by atoms with E-state index in [9.17, 15) is 0 Å². The van der Waals surface area contributed by atoms with Gasteiger partial charge in [-0.3, -0.25) is 0 Å². The molecule has 1 heteroatoms. The van der Waals surface area contributed by atoms with E-state index >= 15 is 0 Å². The minimum absolute atomic E-state index is 1.22. The molecule has 0 bridgehead atoms. The Morgan fingerprint density at radius 1 is 0.348 bits per heavy atom. The topological polar surface area (TPSA) is 0 Å². The van der Waals surface area contributed by atoms with E-state index in [2.05, 4.69) is 171 Å². The van der Waals surface area contributed by atoms with Crippen molar-refractivity contribution >= 4 is 53.1 Å². The van der Waals surface area contributed by atoms with Crippen LogP contribution in [0.3, 0.4) is 0 Å². The number of hydrogen-bond acceptors (Lipinski definition) is 1. The van der Waals surface area contributed by atoms with Gasteiger partial charge in [-0.05, 0) is 91.2 Å². The van der Waals surface area contributed by atoms with Crippen LogP contribution in [0.1, 0.15) is 5.56 Å². The Morgan fingerprint density at radius 3 is 1.67 bits per heavy atom. The minimum Gasteiger partial charge on any atom is -0.135 e. The molecule has 0 unspecified atom stereocenters. The molecule has 1 aromatic heterocycles. The molecule has 216 valence electrons. The summed E-state index contributed by atoms with van der Waals surface area (Å²) < 4.78 is 2.68. The van der Waals surface area contributed by atoms with Gasteiger partial charge in [0.25, 0.3) is 0 Å². The van der Waals surface area contributed by atoms with Crippen LogP contribution in [0.4, 0.5) is 0 Å². The van der Waals surface area contributed by atoms with E-state index in [4.69, 9.17) is 0 Å². The molecular formula is C45H30S. The first-order valence-electron chi connectivity index (χ1n) is 15.8. The molecule has 46 heavy (non-hydrogen) atoms. The van der Waals surface area contributed by atoms with Crippen molar-refractivity contribution in [3.05, 3.63) is 169 Å². The largest absolute Gasteiger partial charge is 0.135 e. The summed E-state index contributed by atoms with van der Waals surface area (Å²) in [7, 11) is 0. The van der Waals surface area contributed by atoms with Crippen LogP contribution in [0.25, 0.3) is 86.2 Å². The van der Waals surface area contributed by atoms with Crippen LogP contribution in [0.15, 0.2) is 164 Å². The lowest BCUT2D eigenvalue weighted by atomic mass is 9.84. The zero-order valence-electron chi connectivity index (χ0n) is 25.5. The lowest BCUT2D eigenvalue weighted by molar-refractivity contribution is 1.51. The summed E-state index contributed by atoms with van der Waals surface area (Å²) >= 11 is 1.89. The lowest BCUT2D eigenvalue weighted by Crippen LogP contribution is -1.92. The number of fused-ring (bicyclic) bond motifs is 5. The fourth-order valence-electron chi connectivity index (χ4n) is 7.19. The first kappa shape index (κ1) is 26.9. The summed E-state index contributed by atoms with van der Waals surface area (Å²) in [6.07, 6.45) is 0. The van der Waals surface area contributed by atoms with Crippen molar-refractivity contribution < 1.29 is 0 Å². The number of rotatable bonds is 4. The van der Waals surface area contributed by atoms with Crippen LogP contribution in [0, 0.1) is 6.92 Å². The van der Waals surface area contributed by atoms with Crippen LogP contribution < -0.4 is 0 Å². The standard InChI is InChI=1S/C45H30S/c1-29-22-24-37-40(26-29)43(30-12-4-2-5-13-30)38-25-23-33(28-41(38)44(37)31-14-6-3-7-15-31)32-16-10-17-34(27-32)35-19-11-20-39-36-18-8-9-21-42(36)46-45(35)39/h2-28H,1H3. The molecule has 0 fully saturated rings. The molecule has 0 aliphatic carbocycles. The predicted octanol–water partition coefficient (Wildman–Crippen LogP) is 13.3. The Morgan fingerprint density at radius 2 is 0.913 bits per heavy atom. The second-order valence-corrected chi connectivity index (χ2v) is 13.2. The molecular weight excluding hydrogens is 573 g/mol. The van der Waals surface area contributed by atoms with Gasteiger partial charge in [0.15, 0.2) is 0 Å². The molecule has 9 rings (SSSR count). The van der Waals surface area contributed by atoms with Gasteiger partial charge in [-0.25, -0.2) is 0 Å². The van der Waals surface area contributed by atoms with Crippen LogP contribution >= 0.6 is 11.3 Å². The number of hydrogen-bond donors (Lipinski definition) is 0. The molecule has 0 saturated carbocycles. The van der Waals surface area contributed by atoms with Crippen molar-refractivity contribution in [1.29, 1.82) is 0 Å². The van der Waals surface area contributed by atoms with Gasteiger partial charge < -0.3 is 0 Å². The predicted molar refractivity (Wildman–Crippen MR) is 201 cm³/mol. The Bertz CT molecular complexity index is 2570. The molecule has 0 atom stereocenters. The van der Waals surface area contributed by atoms with Gasteiger partial charge in [0.1, 0.15) is 0 Å². The lowest BCUT2D eigenvalue weighted by Gasteiger charge is -2.19. The third kappa shape index (κ3) is 4.35. The van der Waals surface area contributed by atoms with E-state index in [1.54, 1.807) is 0 Å². The van der Waals surface area contributed by atoms with Crippen molar-refractivity contribution in [2.75, 3.05) is 0 Å². The number of benzene rings is 8. The normalized spacial score (nSPS) is 11.6. The van der Waals surface area contributed by atoms with E-state index < -0.39 is 0 Å². The first-order valence-corrected chi connectivity index (χ1v) is 16.7. The summed E-state index contributed by atoms with van der Waals surface area (Å²) in [5.41, 5.74) is 11.3. The molecule has 8 aromatic carbocycles. The van der Waals surface area contributed by atoms with Gasteiger partial charge in [-0.15, -0.1) is 11.3 Å². The van der Waals surface area contributed by atoms with Gasteiger partial charge in [-0.2, -0.15) is 0 Å². The number of aryl methyl sites for hydroxylation is 1. The van der Waals surface area contributed by atoms with E-state index in [1.165, 1.54) is 91.8 Å². The van der Waals surface area contributed by atoms with Crippen LogP contribution in [-0.4, -0.2) is 0 Å². The van der Waals surface area contributed by atoms with E-state index in [-0.39, 0.29) is 0 Å².